The lowest BCUT2D eigenvalue weighted by molar-refractivity contribution is -0.413. The number of alkyl halides is 12. The van der Waals surface area contributed by atoms with Crippen molar-refractivity contribution in [2.24, 2.45) is 0 Å². The molecule has 0 fully saturated rings. The summed E-state index contributed by atoms with van der Waals surface area (Å²) in [6, 6.07) is 0. The van der Waals surface area contributed by atoms with E-state index in [-0.39, 0.29) is 0 Å². The topological polar surface area (TPSA) is 20.2 Å². The van der Waals surface area contributed by atoms with E-state index in [4.69, 9.17) is 5.11 Å². The summed E-state index contributed by atoms with van der Waals surface area (Å²) in [6.07, 6.45) is -7.99. The molecule has 0 aliphatic carbocycles. The van der Waals surface area contributed by atoms with Crippen molar-refractivity contribution < 1.29 is 57.8 Å². The number of halogens is 12. The van der Waals surface area contributed by atoms with Gasteiger partial charge in [0.25, 0.3) is 0 Å². The second-order valence-electron chi connectivity index (χ2n) is 3.82. The van der Waals surface area contributed by atoms with Gasteiger partial charge in [-0.05, 0) is 0 Å². The van der Waals surface area contributed by atoms with Gasteiger partial charge in [-0.15, -0.1) is 0 Å². The molecule has 0 aromatic heterocycles. The van der Waals surface area contributed by atoms with Crippen LogP contribution in [-0.4, -0.2) is 47.8 Å². The number of hydrogen-bond donors (Lipinski definition) is 1. The van der Waals surface area contributed by atoms with Crippen LogP contribution in [0.3, 0.4) is 0 Å². The van der Waals surface area contributed by atoms with Gasteiger partial charge in [0.2, 0.25) is 0 Å². The van der Waals surface area contributed by atoms with E-state index in [1.54, 1.807) is 0 Å². The highest BCUT2D eigenvalue weighted by Gasteiger charge is 2.87. The van der Waals surface area contributed by atoms with Gasteiger partial charge in [0.1, 0.15) is 0 Å². The number of aliphatic hydroxyl groups excluding tert-OH is 1. The molecule has 0 unspecified atom stereocenters. The summed E-state index contributed by atoms with van der Waals surface area (Å²) in [4.78, 5) is 0. The van der Waals surface area contributed by atoms with E-state index in [9.17, 15) is 52.7 Å². The summed E-state index contributed by atoms with van der Waals surface area (Å²) in [5.41, 5.74) is 0. The van der Waals surface area contributed by atoms with Crippen molar-refractivity contribution in [3.8, 4) is 0 Å². The fraction of sp³-hybridized carbons (Fsp3) is 1.00. The predicted octanol–water partition coefficient (Wildman–Crippen LogP) is 3.81. The van der Waals surface area contributed by atoms with Crippen molar-refractivity contribution >= 4 is 0 Å². The summed E-state index contributed by atoms with van der Waals surface area (Å²) < 4.78 is 150. The Bertz CT molecular complexity index is 362. The van der Waals surface area contributed by atoms with Crippen LogP contribution in [0, 0.1) is 0 Å². The van der Waals surface area contributed by atoms with E-state index in [0.29, 0.717) is 0 Å². The molecule has 0 aliphatic rings. The SMILES string of the molecule is OCCC(F)(F)C(F)(F)C(F)(F)C(F)(F)C(F)(F)C(F)F. The van der Waals surface area contributed by atoms with Crippen LogP contribution in [0.1, 0.15) is 6.42 Å². The number of aliphatic hydroxyl groups is 1. The van der Waals surface area contributed by atoms with Crippen LogP contribution in [0.15, 0.2) is 0 Å². The van der Waals surface area contributed by atoms with Crippen LogP contribution >= 0.6 is 0 Å². The number of rotatable bonds is 7. The predicted molar refractivity (Wildman–Crippen MR) is 42.4 cm³/mol. The molecule has 0 amide bonds. The minimum atomic E-state index is -7.52. The van der Waals surface area contributed by atoms with Crippen molar-refractivity contribution in [3.63, 3.8) is 0 Å². The molecular formula is C8H6F12O. The Labute approximate surface area is 108 Å². The third-order valence-electron chi connectivity index (χ3n) is 2.37. The molecule has 0 radical (unpaired) electrons. The summed E-state index contributed by atoms with van der Waals surface area (Å²) >= 11 is 0. The Morgan fingerprint density at radius 3 is 1.33 bits per heavy atom. The van der Waals surface area contributed by atoms with Gasteiger partial charge in [-0.1, -0.05) is 0 Å². The fourth-order valence-electron chi connectivity index (χ4n) is 1.07. The van der Waals surface area contributed by atoms with Gasteiger partial charge in [-0.3, -0.25) is 0 Å². The second-order valence-corrected chi connectivity index (χ2v) is 3.82. The molecule has 0 atom stereocenters. The van der Waals surface area contributed by atoms with Gasteiger partial charge in [-0.25, -0.2) is 8.78 Å². The first-order valence-corrected chi connectivity index (χ1v) is 4.78. The maximum atomic E-state index is 12.8. The normalized spacial score (nSPS) is 15.7. The zero-order valence-corrected chi connectivity index (χ0v) is 9.47. The highest BCUT2D eigenvalue weighted by atomic mass is 19.4. The number of hydrogen-bond acceptors (Lipinski definition) is 1. The minimum absolute atomic E-state index is 1.88. The molecule has 0 aromatic carbocycles. The van der Waals surface area contributed by atoms with Crippen molar-refractivity contribution in [3.05, 3.63) is 0 Å². The van der Waals surface area contributed by atoms with Crippen LogP contribution in [0.4, 0.5) is 52.7 Å². The minimum Gasteiger partial charge on any atom is -0.396 e. The summed E-state index contributed by atoms with van der Waals surface area (Å²) in [6.45, 7) is -1.88. The largest absolute Gasteiger partial charge is 0.396 e. The molecule has 128 valence electrons. The van der Waals surface area contributed by atoms with E-state index < -0.39 is 49.1 Å². The Hall–Kier alpha value is -0.880. The quantitative estimate of drug-likeness (QED) is 0.695. The third-order valence-corrected chi connectivity index (χ3v) is 2.37. The summed E-state index contributed by atoms with van der Waals surface area (Å²) in [5.74, 6) is -35.2. The molecular weight excluding hydrogens is 340 g/mol. The van der Waals surface area contributed by atoms with Gasteiger partial charge in [0.05, 0.1) is 0 Å². The van der Waals surface area contributed by atoms with Crippen LogP contribution in [0.2, 0.25) is 0 Å². The molecule has 1 nitrogen and oxygen atoms in total. The van der Waals surface area contributed by atoms with Crippen LogP contribution in [0.5, 0.6) is 0 Å². The maximum Gasteiger partial charge on any atom is 0.384 e. The standard InChI is InChI=1S/C8H6F12O/c9-3(10)5(13,14)7(17,18)8(19,20)6(15,16)4(11,12)1-2-21/h3,21H,1-2H2. The van der Waals surface area contributed by atoms with E-state index in [2.05, 4.69) is 0 Å². The highest BCUT2D eigenvalue weighted by Crippen LogP contribution is 2.58. The zero-order chi connectivity index (χ0) is 17.5. The Kier molecular flexibility index (Phi) is 5.17. The lowest BCUT2D eigenvalue weighted by Crippen LogP contribution is -2.68. The highest BCUT2D eigenvalue weighted by molar-refractivity contribution is 5.08. The molecule has 0 saturated heterocycles. The van der Waals surface area contributed by atoms with E-state index in [0.717, 1.165) is 0 Å². The summed E-state index contributed by atoms with van der Waals surface area (Å²) in [5, 5.41) is 7.97. The van der Waals surface area contributed by atoms with Crippen LogP contribution in [0.25, 0.3) is 0 Å². The molecule has 0 saturated carbocycles. The van der Waals surface area contributed by atoms with Gasteiger partial charge in [0, 0.05) is 13.0 Å². The Balaban J connectivity index is 5.96. The van der Waals surface area contributed by atoms with Crippen molar-refractivity contribution in [1.82, 2.24) is 0 Å². The van der Waals surface area contributed by atoms with E-state index >= 15 is 0 Å². The zero-order valence-electron chi connectivity index (χ0n) is 9.47. The smallest absolute Gasteiger partial charge is 0.384 e. The molecule has 0 aliphatic heterocycles. The maximum absolute atomic E-state index is 12.8. The Morgan fingerprint density at radius 2 is 1.05 bits per heavy atom. The second kappa shape index (κ2) is 5.39. The van der Waals surface area contributed by atoms with Gasteiger partial charge < -0.3 is 5.11 Å². The molecule has 0 rings (SSSR count). The van der Waals surface area contributed by atoms with Gasteiger partial charge in [-0.2, -0.15) is 43.9 Å². The first-order chi connectivity index (χ1) is 9.00. The molecule has 0 heterocycles. The summed E-state index contributed by atoms with van der Waals surface area (Å²) in [7, 11) is 0. The van der Waals surface area contributed by atoms with Crippen molar-refractivity contribution in [1.29, 1.82) is 0 Å². The van der Waals surface area contributed by atoms with Crippen molar-refractivity contribution in [2.75, 3.05) is 6.61 Å². The molecule has 0 spiro atoms. The molecule has 0 bridgehead atoms. The first kappa shape index (κ1) is 20.1. The Morgan fingerprint density at radius 1 is 0.667 bits per heavy atom. The molecule has 13 heteroatoms. The van der Waals surface area contributed by atoms with Crippen molar-refractivity contribution in [2.45, 2.75) is 42.5 Å². The van der Waals surface area contributed by atoms with Gasteiger partial charge in [0.15, 0.2) is 0 Å². The average molecular weight is 346 g/mol. The van der Waals surface area contributed by atoms with Crippen LogP contribution in [-0.2, 0) is 0 Å². The molecule has 21 heavy (non-hydrogen) atoms. The lowest BCUT2D eigenvalue weighted by atomic mass is 9.93. The average Bonchev–Trinajstić information content (AvgIpc) is 2.27. The first-order valence-electron chi connectivity index (χ1n) is 4.78. The lowest BCUT2D eigenvalue weighted by Gasteiger charge is -2.39. The third kappa shape index (κ3) is 2.75. The molecule has 0 aromatic rings. The monoisotopic (exact) mass is 346 g/mol. The van der Waals surface area contributed by atoms with E-state index in [1.807, 2.05) is 0 Å². The van der Waals surface area contributed by atoms with Gasteiger partial charge >= 0.3 is 36.0 Å². The molecule has 1 N–H and O–H groups in total. The fourth-order valence-corrected chi connectivity index (χ4v) is 1.07. The van der Waals surface area contributed by atoms with E-state index in [1.165, 1.54) is 0 Å². The van der Waals surface area contributed by atoms with Crippen LogP contribution < -0.4 is 0 Å².